The van der Waals surface area contributed by atoms with Gasteiger partial charge in [-0.3, -0.25) is 4.79 Å². The van der Waals surface area contributed by atoms with Gasteiger partial charge in [0.05, 0.1) is 13.4 Å². The lowest BCUT2D eigenvalue weighted by molar-refractivity contribution is 0.0676. The van der Waals surface area contributed by atoms with Crippen LogP contribution in [0.25, 0.3) is 0 Å². The van der Waals surface area contributed by atoms with Gasteiger partial charge in [0.25, 0.3) is 5.91 Å². The zero-order valence-electron chi connectivity index (χ0n) is 12.9. The molecule has 0 spiro atoms. The van der Waals surface area contributed by atoms with Crippen LogP contribution in [-0.4, -0.2) is 52.2 Å². The Balaban J connectivity index is 1.97. The van der Waals surface area contributed by atoms with Crippen LogP contribution in [0.1, 0.15) is 23.2 Å². The molecule has 1 fully saturated rings. The lowest BCUT2D eigenvalue weighted by Gasteiger charge is -2.32. The summed E-state index contributed by atoms with van der Waals surface area (Å²) >= 11 is 0. The molecular weight excluding hydrogens is 304 g/mol. The van der Waals surface area contributed by atoms with E-state index in [1.807, 2.05) is 0 Å². The average molecular weight is 326 g/mol. The van der Waals surface area contributed by atoms with Crippen molar-refractivity contribution in [1.82, 2.24) is 9.62 Å². The minimum atomic E-state index is -3.19. The molecule has 1 aromatic rings. The first-order chi connectivity index (χ1) is 10.4. The largest absolute Gasteiger partial charge is 0.497 e. The second-order valence-corrected chi connectivity index (χ2v) is 7.44. The fourth-order valence-electron chi connectivity index (χ4n) is 2.60. The van der Waals surface area contributed by atoms with Gasteiger partial charge in [0, 0.05) is 25.2 Å². The van der Waals surface area contributed by atoms with Crippen molar-refractivity contribution in [3.8, 4) is 5.75 Å². The summed E-state index contributed by atoms with van der Waals surface area (Å²) in [4.78, 5) is 14.3. The Bertz CT molecular complexity index is 613. The summed E-state index contributed by atoms with van der Waals surface area (Å²) in [6.45, 7) is 1.67. The molecule has 22 heavy (non-hydrogen) atoms. The van der Waals surface area contributed by atoms with Crippen LogP contribution < -0.4 is 9.46 Å². The fourth-order valence-corrected chi connectivity index (χ4v) is 3.14. The predicted molar refractivity (Wildman–Crippen MR) is 84.5 cm³/mol. The Labute approximate surface area is 131 Å². The van der Waals surface area contributed by atoms with Crippen LogP contribution in [0.4, 0.5) is 0 Å². The molecule has 1 amide bonds. The zero-order chi connectivity index (χ0) is 16.2. The van der Waals surface area contributed by atoms with Gasteiger partial charge in [-0.2, -0.15) is 0 Å². The third kappa shape index (κ3) is 4.71. The van der Waals surface area contributed by atoms with E-state index in [4.69, 9.17) is 4.74 Å². The van der Waals surface area contributed by atoms with E-state index >= 15 is 0 Å². The highest BCUT2D eigenvalue weighted by atomic mass is 32.2. The van der Waals surface area contributed by atoms with Gasteiger partial charge in [-0.1, -0.05) is 0 Å². The first-order valence-corrected chi connectivity index (χ1v) is 9.16. The number of nitrogens with one attached hydrogen (secondary N) is 1. The van der Waals surface area contributed by atoms with Crippen molar-refractivity contribution in [2.45, 2.75) is 12.8 Å². The van der Waals surface area contributed by atoms with Crippen molar-refractivity contribution in [3.05, 3.63) is 29.8 Å². The maximum atomic E-state index is 12.5. The molecule has 1 heterocycles. The molecule has 1 aliphatic heterocycles. The standard InChI is InChI=1S/C15H22N2O4S/c1-21-14-7-5-13(6-8-14)15(18)17-9-3-4-12(11-17)10-16-22(2,19)20/h5-8,12,16H,3-4,9-11H2,1-2H3. The lowest BCUT2D eigenvalue weighted by Crippen LogP contribution is -2.43. The molecule has 2 rings (SSSR count). The van der Waals surface area contributed by atoms with Gasteiger partial charge in [0.15, 0.2) is 0 Å². The first kappa shape index (κ1) is 16.8. The van der Waals surface area contributed by atoms with E-state index in [0.717, 1.165) is 19.1 Å². The molecular formula is C15H22N2O4S. The van der Waals surface area contributed by atoms with Gasteiger partial charge < -0.3 is 9.64 Å². The second kappa shape index (κ2) is 7.11. The number of carbonyl (C=O) groups is 1. The molecule has 0 bridgehead atoms. The summed E-state index contributed by atoms with van der Waals surface area (Å²) in [6, 6.07) is 7.03. The van der Waals surface area contributed by atoms with E-state index in [2.05, 4.69) is 4.72 Å². The van der Waals surface area contributed by atoms with Crippen molar-refractivity contribution in [2.24, 2.45) is 5.92 Å². The van der Waals surface area contributed by atoms with Crippen LogP contribution in [0.2, 0.25) is 0 Å². The number of piperidine rings is 1. The second-order valence-electron chi connectivity index (χ2n) is 5.61. The van der Waals surface area contributed by atoms with Gasteiger partial charge in [0.1, 0.15) is 5.75 Å². The molecule has 1 unspecified atom stereocenters. The van der Waals surface area contributed by atoms with E-state index in [1.165, 1.54) is 0 Å². The van der Waals surface area contributed by atoms with Crippen LogP contribution in [0.3, 0.4) is 0 Å². The number of rotatable bonds is 5. The topological polar surface area (TPSA) is 75.7 Å². The van der Waals surface area contributed by atoms with Crippen LogP contribution in [0, 0.1) is 5.92 Å². The van der Waals surface area contributed by atoms with E-state index < -0.39 is 10.0 Å². The van der Waals surface area contributed by atoms with Crippen LogP contribution in [0.15, 0.2) is 24.3 Å². The van der Waals surface area contributed by atoms with Gasteiger partial charge in [-0.25, -0.2) is 13.1 Å². The Morgan fingerprint density at radius 2 is 2.05 bits per heavy atom. The van der Waals surface area contributed by atoms with Gasteiger partial charge in [-0.05, 0) is 43.0 Å². The Morgan fingerprint density at radius 1 is 1.36 bits per heavy atom. The number of likely N-dealkylation sites (tertiary alicyclic amines) is 1. The smallest absolute Gasteiger partial charge is 0.253 e. The summed E-state index contributed by atoms with van der Waals surface area (Å²) in [7, 11) is -1.60. The zero-order valence-corrected chi connectivity index (χ0v) is 13.7. The van der Waals surface area contributed by atoms with E-state index in [1.54, 1.807) is 36.3 Å². The molecule has 7 heteroatoms. The monoisotopic (exact) mass is 326 g/mol. The number of ether oxygens (including phenoxy) is 1. The summed E-state index contributed by atoms with van der Waals surface area (Å²) in [6.07, 6.45) is 2.96. The van der Waals surface area contributed by atoms with Crippen molar-refractivity contribution in [1.29, 1.82) is 0 Å². The van der Waals surface area contributed by atoms with Crippen LogP contribution in [-0.2, 0) is 10.0 Å². The third-order valence-corrected chi connectivity index (χ3v) is 4.47. The van der Waals surface area contributed by atoms with Crippen LogP contribution in [0.5, 0.6) is 5.75 Å². The highest BCUT2D eigenvalue weighted by Crippen LogP contribution is 2.19. The summed E-state index contributed by atoms with van der Waals surface area (Å²) in [5.41, 5.74) is 0.623. The number of carbonyl (C=O) groups excluding carboxylic acids is 1. The Morgan fingerprint density at radius 3 is 2.64 bits per heavy atom. The number of sulfonamides is 1. The third-order valence-electron chi connectivity index (χ3n) is 3.78. The predicted octanol–water partition coefficient (Wildman–Crippen LogP) is 1.10. The maximum absolute atomic E-state index is 12.5. The normalized spacial score (nSPS) is 19.0. The molecule has 0 aliphatic carbocycles. The summed E-state index contributed by atoms with van der Waals surface area (Å²) in [5.74, 6) is 0.850. The maximum Gasteiger partial charge on any atom is 0.253 e. The minimum absolute atomic E-state index is 0.0216. The Hall–Kier alpha value is -1.60. The number of nitrogens with zero attached hydrogens (tertiary/aromatic N) is 1. The number of hydrogen-bond acceptors (Lipinski definition) is 4. The lowest BCUT2D eigenvalue weighted by atomic mass is 9.97. The van der Waals surface area contributed by atoms with E-state index in [-0.39, 0.29) is 11.8 Å². The summed E-state index contributed by atoms with van der Waals surface area (Å²) < 4.78 is 29.9. The first-order valence-electron chi connectivity index (χ1n) is 7.27. The summed E-state index contributed by atoms with van der Waals surface area (Å²) in [5, 5.41) is 0. The van der Waals surface area contributed by atoms with Crippen LogP contribution >= 0.6 is 0 Å². The number of benzene rings is 1. The number of amides is 1. The highest BCUT2D eigenvalue weighted by Gasteiger charge is 2.25. The SMILES string of the molecule is COc1ccc(C(=O)N2CCCC(CNS(C)(=O)=O)C2)cc1. The fraction of sp³-hybridized carbons (Fsp3) is 0.533. The van der Waals surface area contributed by atoms with Crippen molar-refractivity contribution >= 4 is 15.9 Å². The van der Waals surface area contributed by atoms with Gasteiger partial charge >= 0.3 is 0 Å². The molecule has 1 aliphatic rings. The highest BCUT2D eigenvalue weighted by molar-refractivity contribution is 7.88. The van der Waals surface area contributed by atoms with E-state index in [9.17, 15) is 13.2 Å². The molecule has 6 nitrogen and oxygen atoms in total. The van der Waals surface area contributed by atoms with Crippen molar-refractivity contribution < 1.29 is 17.9 Å². The number of hydrogen-bond donors (Lipinski definition) is 1. The van der Waals surface area contributed by atoms with Gasteiger partial charge in [-0.15, -0.1) is 0 Å². The Kier molecular flexibility index (Phi) is 5.42. The molecule has 122 valence electrons. The van der Waals surface area contributed by atoms with Crippen molar-refractivity contribution in [2.75, 3.05) is 33.0 Å². The molecule has 0 saturated carbocycles. The van der Waals surface area contributed by atoms with E-state index in [0.29, 0.717) is 30.9 Å². The molecule has 1 atom stereocenters. The minimum Gasteiger partial charge on any atom is -0.497 e. The quantitative estimate of drug-likeness (QED) is 0.879. The molecule has 1 aromatic carbocycles. The molecule has 0 aromatic heterocycles. The van der Waals surface area contributed by atoms with Gasteiger partial charge in [0.2, 0.25) is 10.0 Å². The molecule has 1 N–H and O–H groups in total. The molecule has 0 radical (unpaired) electrons. The number of methoxy groups -OCH3 is 1. The molecule has 1 saturated heterocycles. The van der Waals surface area contributed by atoms with Crippen molar-refractivity contribution in [3.63, 3.8) is 0 Å². The average Bonchev–Trinajstić information content (AvgIpc) is 2.52.